The Morgan fingerprint density at radius 3 is 2.50 bits per heavy atom. The van der Waals surface area contributed by atoms with E-state index < -0.39 is 0 Å². The number of nitrogens with one attached hydrogen (secondary N) is 1. The van der Waals surface area contributed by atoms with Crippen LogP contribution in [-0.2, 0) is 4.79 Å². The number of para-hydroxylation sites is 1. The summed E-state index contributed by atoms with van der Waals surface area (Å²) in [6, 6.07) is 24.9. The third kappa shape index (κ3) is 5.03. The number of hydrogen-bond acceptors (Lipinski definition) is 5. The van der Waals surface area contributed by atoms with Gasteiger partial charge >= 0.3 is 0 Å². The van der Waals surface area contributed by atoms with Gasteiger partial charge in [0.15, 0.2) is 11.0 Å². The molecular weight excluding hydrogens is 486 g/mol. The van der Waals surface area contributed by atoms with Crippen molar-refractivity contribution in [2.24, 2.45) is 0 Å². The van der Waals surface area contributed by atoms with Crippen molar-refractivity contribution in [1.29, 1.82) is 0 Å². The van der Waals surface area contributed by atoms with Crippen molar-refractivity contribution in [2.45, 2.75) is 23.8 Å². The molecule has 8 heteroatoms. The summed E-state index contributed by atoms with van der Waals surface area (Å²) in [5, 5.41) is 12.2. The molecule has 6 nitrogen and oxygen atoms in total. The van der Waals surface area contributed by atoms with Crippen molar-refractivity contribution in [2.75, 3.05) is 11.1 Å². The molecule has 4 aromatic rings. The van der Waals surface area contributed by atoms with E-state index in [4.69, 9.17) is 5.73 Å². The SMILES string of the molecule is CCC(Sc1nnc(-c2cccc(N)c2)n1-c1ccccc1)C(=O)Nc1ccc(Br)cc1. The molecule has 0 saturated carbocycles. The molecule has 3 aromatic carbocycles. The van der Waals surface area contributed by atoms with Gasteiger partial charge in [0.1, 0.15) is 0 Å². The number of carbonyl (C=O) groups is 1. The molecule has 0 aliphatic heterocycles. The first kappa shape index (κ1) is 22.1. The van der Waals surface area contributed by atoms with Gasteiger partial charge in [0.25, 0.3) is 0 Å². The van der Waals surface area contributed by atoms with E-state index in [1.54, 1.807) is 0 Å². The lowest BCUT2D eigenvalue weighted by atomic mass is 10.2. The second-order valence-electron chi connectivity index (χ2n) is 7.11. The highest BCUT2D eigenvalue weighted by molar-refractivity contribution is 9.10. The average Bonchev–Trinajstić information content (AvgIpc) is 3.23. The van der Waals surface area contributed by atoms with Crippen molar-refractivity contribution in [3.05, 3.63) is 83.3 Å². The number of nitrogens with zero attached hydrogens (tertiary/aromatic N) is 3. The quantitative estimate of drug-likeness (QED) is 0.244. The van der Waals surface area contributed by atoms with Gasteiger partial charge in [-0.05, 0) is 55.0 Å². The van der Waals surface area contributed by atoms with Gasteiger partial charge in [-0.15, -0.1) is 10.2 Å². The Morgan fingerprint density at radius 2 is 1.81 bits per heavy atom. The molecule has 1 heterocycles. The minimum absolute atomic E-state index is 0.0760. The topological polar surface area (TPSA) is 85.8 Å². The van der Waals surface area contributed by atoms with Crippen molar-refractivity contribution in [3.63, 3.8) is 0 Å². The summed E-state index contributed by atoms with van der Waals surface area (Å²) in [6.07, 6.45) is 0.641. The third-order valence-electron chi connectivity index (χ3n) is 4.82. The Bertz CT molecular complexity index is 1210. The van der Waals surface area contributed by atoms with Gasteiger partial charge in [0.2, 0.25) is 5.91 Å². The lowest BCUT2D eigenvalue weighted by Crippen LogP contribution is -2.25. The number of nitrogens with two attached hydrogens (primary N) is 1. The number of anilines is 2. The van der Waals surface area contributed by atoms with Crippen molar-refractivity contribution >= 4 is 45.0 Å². The van der Waals surface area contributed by atoms with Gasteiger partial charge in [-0.25, -0.2) is 0 Å². The summed E-state index contributed by atoms with van der Waals surface area (Å²) in [6.45, 7) is 1.99. The Labute approximate surface area is 199 Å². The van der Waals surface area contributed by atoms with Crippen molar-refractivity contribution in [1.82, 2.24) is 14.8 Å². The van der Waals surface area contributed by atoms with E-state index in [9.17, 15) is 4.79 Å². The van der Waals surface area contributed by atoms with Crippen LogP contribution in [0.15, 0.2) is 88.5 Å². The monoisotopic (exact) mass is 507 g/mol. The molecule has 0 aliphatic carbocycles. The molecule has 0 bridgehead atoms. The maximum absolute atomic E-state index is 13.0. The fourth-order valence-electron chi connectivity index (χ4n) is 3.23. The minimum atomic E-state index is -0.334. The van der Waals surface area contributed by atoms with Crippen LogP contribution in [-0.4, -0.2) is 25.9 Å². The Balaban J connectivity index is 1.66. The van der Waals surface area contributed by atoms with Crippen LogP contribution in [0.4, 0.5) is 11.4 Å². The van der Waals surface area contributed by atoms with Crippen molar-refractivity contribution < 1.29 is 4.79 Å². The van der Waals surface area contributed by atoms with Crippen LogP contribution in [0.25, 0.3) is 17.1 Å². The molecule has 0 radical (unpaired) electrons. The highest BCUT2D eigenvalue weighted by Gasteiger charge is 2.24. The molecular formula is C24H22BrN5OS. The average molecular weight is 508 g/mol. The van der Waals surface area contributed by atoms with Gasteiger partial charge in [0.05, 0.1) is 5.25 Å². The number of benzene rings is 3. The minimum Gasteiger partial charge on any atom is -0.399 e. The number of amides is 1. The lowest BCUT2D eigenvalue weighted by Gasteiger charge is -2.16. The first-order valence-corrected chi connectivity index (χ1v) is 11.8. The maximum atomic E-state index is 13.0. The van der Waals surface area contributed by atoms with E-state index in [1.165, 1.54) is 11.8 Å². The first-order valence-electron chi connectivity index (χ1n) is 10.1. The van der Waals surface area contributed by atoms with E-state index in [0.717, 1.165) is 21.4 Å². The summed E-state index contributed by atoms with van der Waals surface area (Å²) in [7, 11) is 0. The Morgan fingerprint density at radius 1 is 1.06 bits per heavy atom. The molecule has 162 valence electrons. The molecule has 32 heavy (non-hydrogen) atoms. The summed E-state index contributed by atoms with van der Waals surface area (Å²) < 4.78 is 2.93. The Kier molecular flexibility index (Phi) is 6.92. The predicted molar refractivity (Wildman–Crippen MR) is 134 cm³/mol. The smallest absolute Gasteiger partial charge is 0.237 e. The van der Waals surface area contributed by atoms with Crippen LogP contribution in [0.1, 0.15) is 13.3 Å². The molecule has 1 aromatic heterocycles. The molecule has 0 fully saturated rings. The van der Waals surface area contributed by atoms with Gasteiger partial charge in [-0.3, -0.25) is 9.36 Å². The van der Waals surface area contributed by atoms with Crippen LogP contribution in [0, 0.1) is 0 Å². The van der Waals surface area contributed by atoms with E-state index in [2.05, 4.69) is 31.4 Å². The number of carbonyl (C=O) groups excluding carboxylic acids is 1. The van der Waals surface area contributed by atoms with Gasteiger partial charge in [0, 0.05) is 27.1 Å². The highest BCUT2D eigenvalue weighted by atomic mass is 79.9. The maximum Gasteiger partial charge on any atom is 0.237 e. The summed E-state index contributed by atoms with van der Waals surface area (Å²) in [4.78, 5) is 13.0. The molecule has 1 unspecified atom stereocenters. The number of rotatable bonds is 7. The third-order valence-corrected chi connectivity index (χ3v) is 6.65. The zero-order valence-electron chi connectivity index (χ0n) is 17.4. The summed E-state index contributed by atoms with van der Waals surface area (Å²) >= 11 is 4.81. The molecule has 0 saturated heterocycles. The second kappa shape index (κ2) is 10.0. The zero-order chi connectivity index (χ0) is 22.5. The molecule has 1 atom stereocenters. The molecule has 0 spiro atoms. The number of nitrogen functional groups attached to an aromatic ring is 1. The van der Waals surface area contributed by atoms with Crippen LogP contribution in [0.2, 0.25) is 0 Å². The van der Waals surface area contributed by atoms with Crippen LogP contribution < -0.4 is 11.1 Å². The molecule has 4 rings (SSSR count). The van der Waals surface area contributed by atoms with E-state index in [1.807, 2.05) is 90.4 Å². The van der Waals surface area contributed by atoms with Gasteiger partial charge < -0.3 is 11.1 Å². The molecule has 3 N–H and O–H groups in total. The highest BCUT2D eigenvalue weighted by Crippen LogP contribution is 2.32. The first-order chi connectivity index (χ1) is 15.5. The van der Waals surface area contributed by atoms with Gasteiger partial charge in [-0.2, -0.15) is 0 Å². The van der Waals surface area contributed by atoms with Crippen LogP contribution >= 0.6 is 27.7 Å². The number of aromatic nitrogens is 3. The van der Waals surface area contributed by atoms with Crippen LogP contribution in [0.3, 0.4) is 0 Å². The fourth-order valence-corrected chi connectivity index (χ4v) is 4.46. The number of halogens is 1. The summed E-state index contributed by atoms with van der Waals surface area (Å²) in [5.41, 5.74) is 9.18. The normalized spacial score (nSPS) is 11.8. The lowest BCUT2D eigenvalue weighted by molar-refractivity contribution is -0.115. The molecule has 1 amide bonds. The zero-order valence-corrected chi connectivity index (χ0v) is 19.8. The standard InChI is InChI=1S/C24H22BrN5OS/c1-2-21(23(31)27-19-13-11-17(25)12-14-19)32-24-29-28-22(16-7-6-8-18(26)15-16)30(24)20-9-4-3-5-10-20/h3-15,21H,2,26H2,1H3,(H,27,31). The van der Waals surface area contributed by atoms with Gasteiger partial charge in [-0.1, -0.05) is 64.9 Å². The largest absolute Gasteiger partial charge is 0.399 e. The fraction of sp³-hybridized carbons (Fsp3) is 0.125. The number of hydrogen-bond donors (Lipinski definition) is 2. The van der Waals surface area contributed by atoms with Crippen molar-refractivity contribution in [3.8, 4) is 17.1 Å². The van der Waals surface area contributed by atoms with E-state index >= 15 is 0 Å². The second-order valence-corrected chi connectivity index (χ2v) is 9.20. The van der Waals surface area contributed by atoms with E-state index in [-0.39, 0.29) is 11.2 Å². The number of thioether (sulfide) groups is 1. The Hall–Kier alpha value is -3.10. The molecule has 0 aliphatic rings. The predicted octanol–water partition coefficient (Wildman–Crippen LogP) is 5.79. The van der Waals surface area contributed by atoms with E-state index in [0.29, 0.717) is 23.1 Å². The summed E-state index contributed by atoms with van der Waals surface area (Å²) in [5.74, 6) is 0.599. The van der Waals surface area contributed by atoms with Crippen LogP contribution in [0.5, 0.6) is 0 Å².